The van der Waals surface area contributed by atoms with Gasteiger partial charge in [-0.2, -0.15) is 0 Å². The second kappa shape index (κ2) is 7.84. The number of carboxylic acids is 1. The number of aromatic nitrogens is 1. The summed E-state index contributed by atoms with van der Waals surface area (Å²) in [5.41, 5.74) is 0.841. The molecule has 1 heterocycles. The zero-order valence-corrected chi connectivity index (χ0v) is 12.9. The van der Waals surface area contributed by atoms with Crippen molar-refractivity contribution in [3.63, 3.8) is 0 Å². The lowest BCUT2D eigenvalue weighted by Gasteiger charge is -2.19. The van der Waals surface area contributed by atoms with E-state index in [0.29, 0.717) is 13.0 Å². The van der Waals surface area contributed by atoms with Gasteiger partial charge in [0.25, 0.3) is 0 Å². The molecule has 6 nitrogen and oxygen atoms in total. The van der Waals surface area contributed by atoms with Crippen LogP contribution in [0.5, 0.6) is 0 Å². The number of rotatable bonds is 7. The zero-order chi connectivity index (χ0) is 15.1. The van der Waals surface area contributed by atoms with Crippen LogP contribution in [0.25, 0.3) is 0 Å². The molecule has 0 radical (unpaired) electrons. The monoisotopic (exact) mass is 299 g/mol. The van der Waals surface area contributed by atoms with Crippen molar-refractivity contribution >= 4 is 23.3 Å². The Labute approximate surface area is 122 Å². The van der Waals surface area contributed by atoms with Crippen molar-refractivity contribution in [2.75, 3.05) is 13.6 Å². The van der Waals surface area contributed by atoms with E-state index in [0.717, 1.165) is 17.1 Å². The summed E-state index contributed by atoms with van der Waals surface area (Å²) in [4.78, 5) is 28.7. The standard InChI is InChI=1S/C13H21N3O3S/c1-4-5-10(12(17)18)6-14-13(19)16(3)7-11-8-20-9(2)15-11/h8,10H,4-7H2,1-3H3,(H,14,19)(H,17,18). The van der Waals surface area contributed by atoms with Crippen molar-refractivity contribution in [2.45, 2.75) is 33.2 Å². The van der Waals surface area contributed by atoms with Crippen LogP contribution in [-0.2, 0) is 11.3 Å². The Morgan fingerprint density at radius 2 is 2.25 bits per heavy atom. The molecule has 0 saturated heterocycles. The van der Waals surface area contributed by atoms with Crippen LogP contribution in [0.4, 0.5) is 4.79 Å². The highest BCUT2D eigenvalue weighted by molar-refractivity contribution is 7.09. The molecule has 2 amide bonds. The molecule has 1 aromatic heterocycles. The number of hydrogen-bond donors (Lipinski definition) is 2. The van der Waals surface area contributed by atoms with Gasteiger partial charge in [0.15, 0.2) is 0 Å². The average molecular weight is 299 g/mol. The minimum absolute atomic E-state index is 0.155. The molecule has 0 fully saturated rings. The number of carbonyl (C=O) groups excluding carboxylic acids is 1. The third-order valence-electron chi connectivity index (χ3n) is 2.90. The Morgan fingerprint density at radius 1 is 1.55 bits per heavy atom. The SMILES string of the molecule is CCCC(CNC(=O)N(C)Cc1csc(C)n1)C(=O)O. The second-order valence-corrected chi connectivity index (χ2v) is 5.79. The van der Waals surface area contributed by atoms with E-state index in [-0.39, 0.29) is 12.6 Å². The van der Waals surface area contributed by atoms with Crippen molar-refractivity contribution in [1.82, 2.24) is 15.2 Å². The summed E-state index contributed by atoms with van der Waals surface area (Å²) in [6, 6.07) is -0.280. The van der Waals surface area contributed by atoms with Crippen LogP contribution in [0.3, 0.4) is 0 Å². The van der Waals surface area contributed by atoms with E-state index in [1.165, 1.54) is 16.2 Å². The van der Waals surface area contributed by atoms with Crippen molar-refractivity contribution in [3.05, 3.63) is 16.1 Å². The number of aryl methyl sites for hydroxylation is 1. The first-order chi connectivity index (χ1) is 9.43. The first-order valence-electron chi connectivity index (χ1n) is 6.56. The molecule has 1 atom stereocenters. The summed E-state index contributed by atoms with van der Waals surface area (Å²) >= 11 is 1.54. The van der Waals surface area contributed by atoms with Gasteiger partial charge in [-0.25, -0.2) is 9.78 Å². The lowest BCUT2D eigenvalue weighted by molar-refractivity contribution is -0.141. The third-order valence-corrected chi connectivity index (χ3v) is 3.72. The van der Waals surface area contributed by atoms with Gasteiger partial charge in [0.05, 0.1) is 23.2 Å². The van der Waals surface area contributed by atoms with Gasteiger partial charge in [-0.15, -0.1) is 11.3 Å². The number of nitrogens with one attached hydrogen (secondary N) is 1. The molecule has 1 unspecified atom stereocenters. The summed E-state index contributed by atoms with van der Waals surface area (Å²) in [6.45, 7) is 4.41. The van der Waals surface area contributed by atoms with Crippen LogP contribution in [-0.4, -0.2) is 40.6 Å². The molecule has 0 bridgehead atoms. The highest BCUT2D eigenvalue weighted by Gasteiger charge is 2.18. The fraction of sp³-hybridized carbons (Fsp3) is 0.615. The molecule has 0 aliphatic carbocycles. The normalized spacial score (nSPS) is 11.9. The van der Waals surface area contributed by atoms with E-state index in [9.17, 15) is 9.59 Å². The van der Waals surface area contributed by atoms with Gasteiger partial charge in [-0.1, -0.05) is 13.3 Å². The first kappa shape index (κ1) is 16.4. The van der Waals surface area contributed by atoms with Crippen LogP contribution in [0, 0.1) is 12.8 Å². The van der Waals surface area contributed by atoms with E-state index in [1.807, 2.05) is 19.2 Å². The molecule has 0 aliphatic heterocycles. The number of thiazole rings is 1. The smallest absolute Gasteiger partial charge is 0.317 e. The van der Waals surface area contributed by atoms with Gasteiger partial charge in [-0.05, 0) is 13.3 Å². The minimum atomic E-state index is -0.870. The van der Waals surface area contributed by atoms with E-state index in [1.54, 1.807) is 7.05 Å². The third kappa shape index (κ3) is 5.16. The molecule has 0 aliphatic rings. The van der Waals surface area contributed by atoms with Gasteiger partial charge in [0.1, 0.15) is 0 Å². The second-order valence-electron chi connectivity index (χ2n) is 4.72. The van der Waals surface area contributed by atoms with E-state index in [4.69, 9.17) is 5.11 Å². The Morgan fingerprint density at radius 3 is 2.75 bits per heavy atom. The molecular weight excluding hydrogens is 278 g/mol. The molecule has 112 valence electrons. The number of hydrogen-bond acceptors (Lipinski definition) is 4. The van der Waals surface area contributed by atoms with Gasteiger partial charge < -0.3 is 15.3 Å². The van der Waals surface area contributed by atoms with Crippen LogP contribution in [0.2, 0.25) is 0 Å². The molecule has 2 N–H and O–H groups in total. The van der Waals surface area contributed by atoms with Crippen molar-refractivity contribution in [2.24, 2.45) is 5.92 Å². The number of urea groups is 1. The molecule has 0 aromatic carbocycles. The van der Waals surface area contributed by atoms with Crippen LogP contribution in [0.15, 0.2) is 5.38 Å². The zero-order valence-electron chi connectivity index (χ0n) is 12.0. The topological polar surface area (TPSA) is 82.5 Å². The van der Waals surface area contributed by atoms with Crippen LogP contribution < -0.4 is 5.32 Å². The summed E-state index contributed by atoms with van der Waals surface area (Å²) in [7, 11) is 1.67. The summed E-state index contributed by atoms with van der Waals surface area (Å²) < 4.78 is 0. The number of amides is 2. The van der Waals surface area contributed by atoms with Crippen LogP contribution in [0.1, 0.15) is 30.5 Å². The maximum atomic E-state index is 11.9. The molecule has 1 rings (SSSR count). The number of carbonyl (C=O) groups is 2. The van der Waals surface area contributed by atoms with E-state index >= 15 is 0 Å². The summed E-state index contributed by atoms with van der Waals surface area (Å²) in [5.74, 6) is -1.40. The lowest BCUT2D eigenvalue weighted by atomic mass is 10.0. The lowest BCUT2D eigenvalue weighted by Crippen LogP contribution is -2.40. The predicted octanol–water partition coefficient (Wildman–Crippen LogP) is 2.09. The Bertz CT molecular complexity index is 461. The fourth-order valence-electron chi connectivity index (χ4n) is 1.80. The number of aliphatic carboxylic acids is 1. The molecule has 7 heteroatoms. The molecule has 0 saturated carbocycles. The maximum Gasteiger partial charge on any atom is 0.317 e. The van der Waals surface area contributed by atoms with Gasteiger partial charge >= 0.3 is 12.0 Å². The van der Waals surface area contributed by atoms with Gasteiger partial charge in [0, 0.05) is 19.0 Å². The van der Waals surface area contributed by atoms with Crippen molar-refractivity contribution in [1.29, 1.82) is 0 Å². The number of carboxylic acid groups (broad SMARTS) is 1. The molecule has 1 aromatic rings. The highest BCUT2D eigenvalue weighted by atomic mass is 32.1. The van der Waals surface area contributed by atoms with Crippen molar-refractivity contribution in [3.8, 4) is 0 Å². The molecule has 20 heavy (non-hydrogen) atoms. The fourth-order valence-corrected chi connectivity index (χ4v) is 2.41. The van der Waals surface area contributed by atoms with E-state index < -0.39 is 11.9 Å². The van der Waals surface area contributed by atoms with Gasteiger partial charge in [0.2, 0.25) is 0 Å². The predicted molar refractivity (Wildman–Crippen MR) is 77.8 cm³/mol. The Balaban J connectivity index is 2.43. The van der Waals surface area contributed by atoms with E-state index in [2.05, 4.69) is 10.3 Å². The molecule has 0 spiro atoms. The Kier molecular flexibility index (Phi) is 6.44. The largest absolute Gasteiger partial charge is 0.481 e. The Hall–Kier alpha value is -1.63. The van der Waals surface area contributed by atoms with Gasteiger partial charge in [-0.3, -0.25) is 4.79 Å². The maximum absolute atomic E-state index is 11.9. The minimum Gasteiger partial charge on any atom is -0.481 e. The average Bonchev–Trinajstić information content (AvgIpc) is 2.79. The van der Waals surface area contributed by atoms with Crippen LogP contribution >= 0.6 is 11.3 Å². The summed E-state index contributed by atoms with van der Waals surface area (Å²) in [5, 5.41) is 14.6. The number of nitrogens with zero attached hydrogens (tertiary/aromatic N) is 2. The summed E-state index contributed by atoms with van der Waals surface area (Å²) in [6.07, 6.45) is 1.34. The molecular formula is C13H21N3O3S. The first-order valence-corrected chi connectivity index (χ1v) is 7.44. The highest BCUT2D eigenvalue weighted by Crippen LogP contribution is 2.10. The quantitative estimate of drug-likeness (QED) is 0.807. The van der Waals surface area contributed by atoms with Crippen molar-refractivity contribution < 1.29 is 14.7 Å².